The highest BCUT2D eigenvalue weighted by atomic mass is 35.5. The molecule has 0 bridgehead atoms. The van der Waals surface area contributed by atoms with E-state index in [1.165, 1.54) is 25.2 Å². The van der Waals surface area contributed by atoms with E-state index < -0.39 is 10.0 Å². The van der Waals surface area contributed by atoms with E-state index in [2.05, 4.69) is 4.72 Å². The van der Waals surface area contributed by atoms with E-state index in [1.807, 2.05) is 0 Å². The second kappa shape index (κ2) is 3.53. The predicted octanol–water partition coefficient (Wildman–Crippen LogP) is 0.830. The lowest BCUT2D eigenvalue weighted by molar-refractivity contribution is 0.588. The molecule has 0 atom stereocenters. The number of nitrogens with two attached hydrogens (primary N) is 1. The Morgan fingerprint density at radius 2 is 2.08 bits per heavy atom. The van der Waals surface area contributed by atoms with Crippen molar-refractivity contribution in [3.63, 3.8) is 0 Å². The highest BCUT2D eigenvalue weighted by molar-refractivity contribution is 7.89. The number of nitrogens with one attached hydrogen (secondary N) is 1. The molecule has 0 aromatic heterocycles. The Hall–Kier alpha value is -0.780. The van der Waals surface area contributed by atoms with E-state index >= 15 is 0 Å². The van der Waals surface area contributed by atoms with Gasteiger partial charge in [0.15, 0.2) is 0 Å². The van der Waals surface area contributed by atoms with Crippen molar-refractivity contribution in [1.29, 1.82) is 0 Å². The molecule has 6 heteroatoms. The number of anilines is 1. The van der Waals surface area contributed by atoms with Crippen LogP contribution in [-0.2, 0) is 10.0 Å². The molecule has 0 unspecified atom stereocenters. The maximum absolute atomic E-state index is 11.3. The predicted molar refractivity (Wildman–Crippen MR) is 52.1 cm³/mol. The molecule has 1 rings (SSSR count). The van der Waals surface area contributed by atoms with Gasteiger partial charge in [0.05, 0.1) is 15.6 Å². The Balaban J connectivity index is 3.27. The van der Waals surface area contributed by atoms with Crippen molar-refractivity contribution in [2.75, 3.05) is 12.8 Å². The largest absolute Gasteiger partial charge is 0.397 e. The molecule has 0 saturated heterocycles. The summed E-state index contributed by atoms with van der Waals surface area (Å²) in [6.07, 6.45) is 0. The molecule has 0 aliphatic rings. The maximum Gasteiger partial charge on any atom is 0.240 e. The van der Waals surface area contributed by atoms with Gasteiger partial charge in [-0.05, 0) is 25.2 Å². The minimum absolute atomic E-state index is 0.108. The van der Waals surface area contributed by atoms with Gasteiger partial charge in [-0.15, -0.1) is 0 Å². The average Bonchev–Trinajstić information content (AvgIpc) is 2.09. The van der Waals surface area contributed by atoms with Crippen LogP contribution in [0.5, 0.6) is 0 Å². The summed E-state index contributed by atoms with van der Waals surface area (Å²) in [6.45, 7) is 0. The lowest BCUT2D eigenvalue weighted by Crippen LogP contribution is -2.18. The first-order chi connectivity index (χ1) is 5.97. The number of rotatable bonds is 2. The van der Waals surface area contributed by atoms with Crippen LogP contribution in [0.4, 0.5) is 5.69 Å². The van der Waals surface area contributed by atoms with Gasteiger partial charge in [-0.3, -0.25) is 0 Å². The summed E-state index contributed by atoms with van der Waals surface area (Å²) >= 11 is 5.63. The van der Waals surface area contributed by atoms with Crippen LogP contribution in [0.15, 0.2) is 23.1 Å². The van der Waals surface area contributed by atoms with Gasteiger partial charge in [0, 0.05) is 0 Å². The van der Waals surface area contributed by atoms with Gasteiger partial charge < -0.3 is 5.73 Å². The Morgan fingerprint density at radius 3 is 2.54 bits per heavy atom. The standard InChI is InChI=1S/C7H9ClN2O2S/c1-10-13(11,12)5-2-3-6(8)7(9)4-5/h2-4,10H,9H2,1H3. The van der Waals surface area contributed by atoms with Crippen molar-refractivity contribution < 1.29 is 8.42 Å². The number of sulfonamides is 1. The minimum atomic E-state index is -3.43. The lowest BCUT2D eigenvalue weighted by Gasteiger charge is -2.03. The Labute approximate surface area is 81.8 Å². The summed E-state index contributed by atoms with van der Waals surface area (Å²) in [5.41, 5.74) is 5.70. The highest BCUT2D eigenvalue weighted by Crippen LogP contribution is 2.21. The first kappa shape index (κ1) is 10.3. The number of nitrogen functional groups attached to an aromatic ring is 1. The van der Waals surface area contributed by atoms with Crippen LogP contribution in [0.25, 0.3) is 0 Å². The fourth-order valence-corrected chi connectivity index (χ4v) is 1.69. The summed E-state index contributed by atoms with van der Waals surface area (Å²) in [5, 5.41) is 0.343. The number of halogens is 1. The van der Waals surface area contributed by atoms with Crippen molar-refractivity contribution in [3.05, 3.63) is 23.2 Å². The minimum Gasteiger partial charge on any atom is -0.397 e. The number of hydrogen-bond donors (Lipinski definition) is 2. The van der Waals surface area contributed by atoms with Crippen LogP contribution in [0, 0.1) is 0 Å². The topological polar surface area (TPSA) is 72.2 Å². The molecule has 0 fully saturated rings. The molecule has 3 N–H and O–H groups in total. The molecule has 0 amide bonds. The average molecular weight is 221 g/mol. The van der Waals surface area contributed by atoms with Crippen LogP contribution in [0.2, 0.25) is 5.02 Å². The number of hydrogen-bond acceptors (Lipinski definition) is 3. The molecule has 0 saturated carbocycles. The van der Waals surface area contributed by atoms with Gasteiger partial charge in [0.2, 0.25) is 10.0 Å². The lowest BCUT2D eigenvalue weighted by atomic mass is 10.3. The third-order valence-corrected chi connectivity index (χ3v) is 3.30. The van der Waals surface area contributed by atoms with E-state index in [0.29, 0.717) is 5.02 Å². The molecule has 13 heavy (non-hydrogen) atoms. The smallest absolute Gasteiger partial charge is 0.240 e. The van der Waals surface area contributed by atoms with E-state index in [9.17, 15) is 8.42 Å². The van der Waals surface area contributed by atoms with E-state index in [4.69, 9.17) is 17.3 Å². The van der Waals surface area contributed by atoms with Gasteiger partial charge >= 0.3 is 0 Å². The van der Waals surface area contributed by atoms with Gasteiger partial charge in [-0.2, -0.15) is 0 Å². The monoisotopic (exact) mass is 220 g/mol. The van der Waals surface area contributed by atoms with E-state index in [1.54, 1.807) is 0 Å². The second-order valence-electron chi connectivity index (χ2n) is 2.39. The molecule has 1 aromatic carbocycles. The van der Waals surface area contributed by atoms with Crippen LogP contribution >= 0.6 is 11.6 Å². The summed E-state index contributed by atoms with van der Waals surface area (Å²) in [5.74, 6) is 0. The van der Waals surface area contributed by atoms with Crippen molar-refractivity contribution >= 4 is 27.3 Å². The molecule has 0 heterocycles. The van der Waals surface area contributed by atoms with Gasteiger partial charge in [-0.25, -0.2) is 13.1 Å². The first-order valence-corrected chi connectivity index (χ1v) is 5.32. The third-order valence-electron chi connectivity index (χ3n) is 1.55. The van der Waals surface area contributed by atoms with Gasteiger partial charge in [0.25, 0.3) is 0 Å². The van der Waals surface area contributed by atoms with Gasteiger partial charge in [-0.1, -0.05) is 11.6 Å². The van der Waals surface area contributed by atoms with Crippen LogP contribution in [0.3, 0.4) is 0 Å². The fraction of sp³-hybridized carbons (Fsp3) is 0.143. The zero-order valence-corrected chi connectivity index (χ0v) is 8.48. The van der Waals surface area contributed by atoms with Crippen LogP contribution < -0.4 is 10.5 Å². The molecule has 0 aliphatic carbocycles. The summed E-state index contributed by atoms with van der Waals surface area (Å²) < 4.78 is 24.7. The summed E-state index contributed by atoms with van der Waals surface area (Å²) in [7, 11) is -2.09. The number of benzene rings is 1. The SMILES string of the molecule is CNS(=O)(=O)c1ccc(Cl)c(N)c1. The molecule has 0 spiro atoms. The zero-order chi connectivity index (χ0) is 10.1. The van der Waals surface area contributed by atoms with E-state index in [-0.39, 0.29) is 10.6 Å². The molecular formula is C7H9ClN2O2S. The third kappa shape index (κ3) is 2.12. The van der Waals surface area contributed by atoms with Crippen molar-refractivity contribution in [2.24, 2.45) is 0 Å². The molecule has 0 radical (unpaired) electrons. The van der Waals surface area contributed by atoms with Crippen LogP contribution in [-0.4, -0.2) is 15.5 Å². The second-order valence-corrected chi connectivity index (χ2v) is 4.68. The van der Waals surface area contributed by atoms with Crippen LogP contribution in [0.1, 0.15) is 0 Å². The maximum atomic E-state index is 11.3. The Kier molecular flexibility index (Phi) is 2.80. The van der Waals surface area contributed by atoms with Crippen molar-refractivity contribution in [3.8, 4) is 0 Å². The molecule has 4 nitrogen and oxygen atoms in total. The van der Waals surface area contributed by atoms with E-state index in [0.717, 1.165) is 0 Å². The Morgan fingerprint density at radius 1 is 1.46 bits per heavy atom. The van der Waals surface area contributed by atoms with Crippen molar-refractivity contribution in [1.82, 2.24) is 4.72 Å². The molecular weight excluding hydrogens is 212 g/mol. The normalized spacial score (nSPS) is 11.5. The summed E-state index contributed by atoms with van der Waals surface area (Å²) in [4.78, 5) is 0.108. The zero-order valence-electron chi connectivity index (χ0n) is 6.91. The Bertz CT molecular complexity index is 417. The summed E-state index contributed by atoms with van der Waals surface area (Å²) in [6, 6.07) is 4.15. The molecule has 1 aromatic rings. The molecule has 0 aliphatic heterocycles. The van der Waals surface area contributed by atoms with Crippen molar-refractivity contribution in [2.45, 2.75) is 4.90 Å². The quantitative estimate of drug-likeness (QED) is 0.726. The van der Waals surface area contributed by atoms with Gasteiger partial charge in [0.1, 0.15) is 0 Å². The highest BCUT2D eigenvalue weighted by Gasteiger charge is 2.11. The fourth-order valence-electron chi connectivity index (χ4n) is 0.807. The molecule has 72 valence electrons. The first-order valence-electron chi connectivity index (χ1n) is 3.46.